The molecule has 0 unspecified atom stereocenters. The quantitative estimate of drug-likeness (QED) is 0.713. The van der Waals surface area contributed by atoms with E-state index in [1.54, 1.807) is 0 Å². The van der Waals surface area contributed by atoms with E-state index >= 15 is 0 Å². The number of fused-ring (bicyclic) bond motifs is 1. The van der Waals surface area contributed by atoms with Crippen molar-refractivity contribution in [3.8, 4) is 0 Å². The third-order valence-corrected chi connectivity index (χ3v) is 3.44. The lowest BCUT2D eigenvalue weighted by Crippen LogP contribution is -2.02. The van der Waals surface area contributed by atoms with Gasteiger partial charge in [0, 0.05) is 6.42 Å². The average molecular weight is 228 g/mol. The summed E-state index contributed by atoms with van der Waals surface area (Å²) in [6.07, 6.45) is 9.83. The van der Waals surface area contributed by atoms with Crippen LogP contribution < -0.4 is 0 Å². The Morgan fingerprint density at radius 1 is 1.24 bits per heavy atom. The Bertz CT molecular complexity index is 429. The van der Waals surface area contributed by atoms with Crippen molar-refractivity contribution in [3.63, 3.8) is 0 Å². The molecule has 2 rings (SSSR count). The van der Waals surface area contributed by atoms with E-state index in [1.807, 2.05) is 0 Å². The maximum Gasteiger partial charge on any atom is 0.120 e. The highest BCUT2D eigenvalue weighted by Crippen LogP contribution is 2.23. The van der Waals surface area contributed by atoms with Crippen molar-refractivity contribution in [1.29, 1.82) is 0 Å². The van der Waals surface area contributed by atoms with E-state index in [4.69, 9.17) is 0 Å². The first-order valence-corrected chi connectivity index (χ1v) is 6.52. The van der Waals surface area contributed by atoms with Crippen LogP contribution in [0.25, 0.3) is 6.08 Å². The van der Waals surface area contributed by atoms with Crippen LogP contribution in [0.5, 0.6) is 0 Å². The number of allylic oxidation sites excluding steroid dienone is 1. The van der Waals surface area contributed by atoms with Crippen molar-refractivity contribution in [1.82, 2.24) is 0 Å². The van der Waals surface area contributed by atoms with Crippen LogP contribution in [0.15, 0.2) is 23.8 Å². The number of hydrogen-bond donors (Lipinski definition) is 0. The van der Waals surface area contributed by atoms with Gasteiger partial charge in [-0.25, -0.2) is 0 Å². The maximum absolute atomic E-state index is 10.3. The van der Waals surface area contributed by atoms with E-state index in [1.165, 1.54) is 47.9 Å². The van der Waals surface area contributed by atoms with E-state index in [0.717, 1.165) is 12.7 Å². The summed E-state index contributed by atoms with van der Waals surface area (Å²) in [6, 6.07) is 6.79. The average Bonchev–Trinajstić information content (AvgIpc) is 2.36. The highest BCUT2D eigenvalue weighted by atomic mass is 16.1. The molecule has 1 nitrogen and oxygen atoms in total. The van der Waals surface area contributed by atoms with Gasteiger partial charge in [-0.1, -0.05) is 29.8 Å². The smallest absolute Gasteiger partial charge is 0.120 e. The molecule has 0 N–H and O–H groups in total. The van der Waals surface area contributed by atoms with Crippen LogP contribution >= 0.6 is 0 Å². The molecule has 1 heteroatoms. The Labute approximate surface area is 104 Å². The first kappa shape index (κ1) is 12.1. The van der Waals surface area contributed by atoms with Gasteiger partial charge in [-0.15, -0.1) is 0 Å². The number of rotatable bonds is 4. The van der Waals surface area contributed by atoms with E-state index in [-0.39, 0.29) is 0 Å². The van der Waals surface area contributed by atoms with E-state index < -0.39 is 0 Å². The number of benzene rings is 1. The minimum Gasteiger partial charge on any atom is -0.303 e. The second kappa shape index (κ2) is 5.81. The molecule has 0 heterocycles. The first-order valence-electron chi connectivity index (χ1n) is 6.52. The highest BCUT2D eigenvalue weighted by molar-refractivity contribution is 5.56. The van der Waals surface area contributed by atoms with Crippen molar-refractivity contribution in [2.75, 3.05) is 0 Å². The minimum absolute atomic E-state index is 0.632. The zero-order valence-corrected chi connectivity index (χ0v) is 10.5. The molecule has 17 heavy (non-hydrogen) atoms. The zero-order chi connectivity index (χ0) is 12.1. The summed E-state index contributed by atoms with van der Waals surface area (Å²) in [4.78, 5) is 10.3. The summed E-state index contributed by atoms with van der Waals surface area (Å²) in [5.74, 6) is 0. The SMILES string of the molecule is C/C(=C\c1ccc2c(c1)CCCC2)CCC=O. The molecule has 0 atom stereocenters. The Morgan fingerprint density at radius 2 is 2.00 bits per heavy atom. The van der Waals surface area contributed by atoms with Crippen molar-refractivity contribution in [2.24, 2.45) is 0 Å². The van der Waals surface area contributed by atoms with Crippen molar-refractivity contribution >= 4 is 12.4 Å². The first-order chi connectivity index (χ1) is 8.29. The van der Waals surface area contributed by atoms with E-state index in [0.29, 0.717) is 6.42 Å². The summed E-state index contributed by atoms with van der Waals surface area (Å²) < 4.78 is 0. The second-order valence-electron chi connectivity index (χ2n) is 4.93. The summed E-state index contributed by atoms with van der Waals surface area (Å²) in [7, 11) is 0. The van der Waals surface area contributed by atoms with Gasteiger partial charge in [0.05, 0.1) is 0 Å². The summed E-state index contributed by atoms with van der Waals surface area (Å²) in [5, 5.41) is 0. The van der Waals surface area contributed by atoms with Gasteiger partial charge in [0.15, 0.2) is 0 Å². The Hall–Kier alpha value is -1.37. The Kier molecular flexibility index (Phi) is 4.13. The molecule has 1 aliphatic carbocycles. The fourth-order valence-electron chi connectivity index (χ4n) is 2.49. The van der Waals surface area contributed by atoms with Crippen molar-refractivity contribution in [2.45, 2.75) is 45.4 Å². The van der Waals surface area contributed by atoms with Crippen LogP contribution in [0.3, 0.4) is 0 Å². The third kappa shape index (κ3) is 3.29. The number of aryl methyl sites for hydroxylation is 2. The fraction of sp³-hybridized carbons (Fsp3) is 0.438. The van der Waals surface area contributed by atoms with Crippen LogP contribution in [0.1, 0.15) is 49.3 Å². The van der Waals surface area contributed by atoms with E-state index in [2.05, 4.69) is 31.2 Å². The molecule has 1 aromatic carbocycles. The predicted octanol–water partition coefficient (Wildman–Crippen LogP) is 3.95. The molecule has 0 saturated heterocycles. The number of carbonyl (C=O) groups excluding carboxylic acids is 1. The van der Waals surface area contributed by atoms with E-state index in [9.17, 15) is 4.79 Å². The van der Waals surface area contributed by atoms with Gasteiger partial charge < -0.3 is 4.79 Å². The van der Waals surface area contributed by atoms with Crippen LogP contribution in [-0.4, -0.2) is 6.29 Å². The molecule has 0 spiro atoms. The largest absolute Gasteiger partial charge is 0.303 e. The summed E-state index contributed by atoms with van der Waals surface area (Å²) >= 11 is 0. The molecule has 0 aromatic heterocycles. The van der Waals surface area contributed by atoms with Crippen LogP contribution in [0.2, 0.25) is 0 Å². The number of carbonyl (C=O) groups is 1. The molecule has 90 valence electrons. The summed E-state index contributed by atoms with van der Waals surface area (Å²) in [6.45, 7) is 2.10. The van der Waals surface area contributed by atoms with Crippen molar-refractivity contribution in [3.05, 3.63) is 40.5 Å². The van der Waals surface area contributed by atoms with Gasteiger partial charge >= 0.3 is 0 Å². The van der Waals surface area contributed by atoms with Crippen LogP contribution in [0, 0.1) is 0 Å². The Morgan fingerprint density at radius 3 is 2.76 bits per heavy atom. The lowest BCUT2D eigenvalue weighted by atomic mass is 9.90. The topological polar surface area (TPSA) is 17.1 Å². The predicted molar refractivity (Wildman–Crippen MR) is 72.0 cm³/mol. The molecule has 0 saturated carbocycles. The zero-order valence-electron chi connectivity index (χ0n) is 10.5. The number of aldehydes is 1. The molecule has 0 amide bonds. The minimum atomic E-state index is 0.632. The van der Waals surface area contributed by atoms with Crippen LogP contribution in [0.4, 0.5) is 0 Å². The maximum atomic E-state index is 10.3. The molecule has 0 fully saturated rings. The molecular weight excluding hydrogens is 208 g/mol. The van der Waals surface area contributed by atoms with Gasteiger partial charge in [0.2, 0.25) is 0 Å². The standard InChI is InChI=1S/C16H20O/c1-13(5-4-10-17)11-14-8-9-15-6-2-3-7-16(15)12-14/h8-12H,2-7H2,1H3/b13-11+. The third-order valence-electron chi connectivity index (χ3n) is 3.44. The van der Waals surface area contributed by atoms with Gasteiger partial charge in [0.1, 0.15) is 6.29 Å². The molecule has 0 bridgehead atoms. The van der Waals surface area contributed by atoms with Crippen LogP contribution in [-0.2, 0) is 17.6 Å². The van der Waals surface area contributed by atoms with Gasteiger partial charge in [-0.2, -0.15) is 0 Å². The monoisotopic (exact) mass is 228 g/mol. The molecule has 0 aliphatic heterocycles. The van der Waals surface area contributed by atoms with Gasteiger partial charge in [0.25, 0.3) is 0 Å². The molecule has 1 aliphatic rings. The number of hydrogen-bond acceptors (Lipinski definition) is 1. The van der Waals surface area contributed by atoms with Crippen molar-refractivity contribution < 1.29 is 4.79 Å². The lowest BCUT2D eigenvalue weighted by molar-refractivity contribution is -0.107. The summed E-state index contributed by atoms with van der Waals surface area (Å²) in [5.41, 5.74) is 5.62. The Balaban J connectivity index is 2.13. The molecular formula is C16H20O. The second-order valence-corrected chi connectivity index (χ2v) is 4.93. The molecule has 0 radical (unpaired) electrons. The normalized spacial score (nSPS) is 15.5. The van der Waals surface area contributed by atoms with Gasteiger partial charge in [-0.3, -0.25) is 0 Å². The molecule has 1 aromatic rings. The lowest BCUT2D eigenvalue weighted by Gasteiger charge is -2.15. The fourth-order valence-corrected chi connectivity index (χ4v) is 2.49. The van der Waals surface area contributed by atoms with Gasteiger partial charge in [-0.05, 0) is 55.7 Å². The highest BCUT2D eigenvalue weighted by Gasteiger charge is 2.08.